The van der Waals surface area contributed by atoms with E-state index in [1.165, 1.54) is 7.05 Å². The summed E-state index contributed by atoms with van der Waals surface area (Å²) in [4.78, 5) is 21.3. The Kier molecular flexibility index (Phi) is 4.53. The summed E-state index contributed by atoms with van der Waals surface area (Å²) >= 11 is 0. The van der Waals surface area contributed by atoms with Crippen LogP contribution in [0.3, 0.4) is 0 Å². The zero-order valence-corrected chi connectivity index (χ0v) is 10.5. The topological polar surface area (TPSA) is 76.7 Å². The molecular formula is C12H16N2O4. The molecule has 1 aromatic carbocycles. The maximum absolute atomic E-state index is 11.1. The van der Waals surface area contributed by atoms with Crippen molar-refractivity contribution in [2.45, 2.75) is 19.6 Å². The lowest BCUT2D eigenvalue weighted by atomic mass is 10.3. The summed E-state index contributed by atoms with van der Waals surface area (Å²) < 4.78 is 10.2. The number of ether oxygens (including phenoxy) is 2. The van der Waals surface area contributed by atoms with Crippen LogP contribution in [-0.2, 0) is 9.53 Å². The Balaban J connectivity index is 2.65. The van der Waals surface area contributed by atoms with Crippen LogP contribution in [0.25, 0.3) is 0 Å². The number of anilines is 1. The quantitative estimate of drug-likeness (QED) is 0.618. The van der Waals surface area contributed by atoms with Crippen LogP contribution in [0.15, 0.2) is 24.3 Å². The van der Waals surface area contributed by atoms with Gasteiger partial charge in [-0.1, -0.05) is 0 Å². The third-order valence-electron chi connectivity index (χ3n) is 2.03. The number of hydrogen-bond acceptors (Lipinski definition) is 4. The molecule has 0 radical (unpaired) electrons. The molecular weight excluding hydrogens is 236 g/mol. The molecule has 0 bridgehead atoms. The van der Waals surface area contributed by atoms with Gasteiger partial charge in [-0.15, -0.1) is 0 Å². The van der Waals surface area contributed by atoms with Crippen molar-refractivity contribution in [3.8, 4) is 5.75 Å². The fourth-order valence-electron chi connectivity index (χ4n) is 1.22. The first-order valence-electron chi connectivity index (χ1n) is 5.36. The largest absolute Gasteiger partial charge is 0.453 e. The van der Waals surface area contributed by atoms with Gasteiger partial charge >= 0.3 is 6.03 Å². The van der Waals surface area contributed by atoms with Crippen LogP contribution in [0.1, 0.15) is 13.8 Å². The van der Waals surface area contributed by atoms with Crippen LogP contribution in [0.4, 0.5) is 10.5 Å². The Morgan fingerprint density at radius 3 is 2.39 bits per heavy atom. The zero-order chi connectivity index (χ0) is 13.6. The minimum atomic E-state index is -1.03. The van der Waals surface area contributed by atoms with Crippen molar-refractivity contribution in [3.05, 3.63) is 24.3 Å². The van der Waals surface area contributed by atoms with Crippen LogP contribution in [0, 0.1) is 0 Å². The number of hydrogen-bond donors (Lipinski definition) is 2. The molecule has 0 heterocycles. The Morgan fingerprint density at radius 1 is 1.28 bits per heavy atom. The molecule has 2 N–H and O–H groups in total. The lowest BCUT2D eigenvalue weighted by Gasteiger charge is -2.24. The molecule has 18 heavy (non-hydrogen) atoms. The summed E-state index contributed by atoms with van der Waals surface area (Å²) in [6.45, 7) is 3.58. The lowest BCUT2D eigenvalue weighted by molar-refractivity contribution is -0.170. The predicted molar refractivity (Wildman–Crippen MR) is 66.4 cm³/mol. The van der Waals surface area contributed by atoms with Gasteiger partial charge in [-0.25, -0.2) is 4.79 Å². The van der Waals surface area contributed by atoms with Crippen molar-refractivity contribution in [2.24, 2.45) is 0 Å². The Bertz CT molecular complexity index is 415. The molecule has 0 aromatic heterocycles. The molecule has 0 fully saturated rings. The van der Waals surface area contributed by atoms with Gasteiger partial charge < -0.3 is 20.1 Å². The molecule has 0 saturated heterocycles. The average Bonchev–Trinajstić information content (AvgIpc) is 2.31. The van der Waals surface area contributed by atoms with E-state index in [0.717, 1.165) is 0 Å². The second-order valence-electron chi connectivity index (χ2n) is 3.94. The van der Waals surface area contributed by atoms with Gasteiger partial charge in [0.25, 0.3) is 6.47 Å². The summed E-state index contributed by atoms with van der Waals surface area (Å²) in [6.07, 6.45) is 0. The standard InChI is InChI=1S/C12H16N2O4/c1-12(2,17-8-15)18-10-6-4-9(5-7-10)14-11(16)13-3/h4-8H,1-3H3,(H2,13,14,16). The number of nitrogens with one attached hydrogen (secondary N) is 2. The van der Waals surface area contributed by atoms with E-state index in [2.05, 4.69) is 10.6 Å². The molecule has 0 aliphatic heterocycles. The molecule has 0 spiro atoms. The summed E-state index contributed by atoms with van der Waals surface area (Å²) in [6, 6.07) is 6.40. The monoisotopic (exact) mass is 252 g/mol. The molecule has 6 heteroatoms. The third-order valence-corrected chi connectivity index (χ3v) is 2.03. The molecule has 0 aliphatic carbocycles. The van der Waals surface area contributed by atoms with E-state index in [9.17, 15) is 9.59 Å². The van der Waals surface area contributed by atoms with Crippen molar-refractivity contribution in [2.75, 3.05) is 12.4 Å². The van der Waals surface area contributed by atoms with Crippen LogP contribution in [-0.4, -0.2) is 25.3 Å². The molecule has 2 amide bonds. The van der Waals surface area contributed by atoms with Gasteiger partial charge in [0.1, 0.15) is 5.75 Å². The SMILES string of the molecule is CNC(=O)Nc1ccc(OC(C)(C)OC=O)cc1. The third kappa shape index (κ3) is 4.32. The number of rotatable bonds is 5. The second-order valence-corrected chi connectivity index (χ2v) is 3.94. The lowest BCUT2D eigenvalue weighted by Crippen LogP contribution is -2.31. The average molecular weight is 252 g/mol. The summed E-state index contributed by atoms with van der Waals surface area (Å²) in [5.41, 5.74) is 0.635. The van der Waals surface area contributed by atoms with Crippen LogP contribution < -0.4 is 15.4 Å². The molecule has 1 rings (SSSR count). The summed E-state index contributed by atoms with van der Waals surface area (Å²) in [7, 11) is 1.53. The number of urea groups is 1. The fourth-order valence-corrected chi connectivity index (χ4v) is 1.22. The van der Waals surface area contributed by atoms with Crippen molar-refractivity contribution in [1.29, 1.82) is 0 Å². The first-order valence-corrected chi connectivity index (χ1v) is 5.36. The van der Waals surface area contributed by atoms with Crippen molar-refractivity contribution in [1.82, 2.24) is 5.32 Å². The van der Waals surface area contributed by atoms with Crippen LogP contribution >= 0.6 is 0 Å². The Hall–Kier alpha value is -2.24. The van der Waals surface area contributed by atoms with E-state index in [1.807, 2.05) is 0 Å². The van der Waals surface area contributed by atoms with Crippen molar-refractivity contribution in [3.63, 3.8) is 0 Å². The van der Waals surface area contributed by atoms with E-state index >= 15 is 0 Å². The molecule has 6 nitrogen and oxygen atoms in total. The normalized spacial score (nSPS) is 10.4. The molecule has 0 atom stereocenters. The Labute approximate surface area is 105 Å². The summed E-state index contributed by atoms with van der Waals surface area (Å²) in [5.74, 6) is -0.499. The second kappa shape index (κ2) is 5.90. The van der Waals surface area contributed by atoms with E-state index in [0.29, 0.717) is 17.9 Å². The fraction of sp³-hybridized carbons (Fsp3) is 0.333. The van der Waals surface area contributed by atoms with Crippen molar-refractivity contribution >= 4 is 18.2 Å². The van der Waals surface area contributed by atoms with E-state index < -0.39 is 5.79 Å². The first kappa shape index (κ1) is 13.8. The van der Waals surface area contributed by atoms with E-state index in [4.69, 9.17) is 9.47 Å². The van der Waals surface area contributed by atoms with Gasteiger partial charge in [-0.05, 0) is 24.3 Å². The molecule has 0 saturated carbocycles. The van der Waals surface area contributed by atoms with Crippen LogP contribution in [0.2, 0.25) is 0 Å². The van der Waals surface area contributed by atoms with E-state index in [-0.39, 0.29) is 6.03 Å². The molecule has 1 aromatic rings. The number of carbonyl (C=O) groups excluding carboxylic acids is 2. The minimum absolute atomic E-state index is 0.298. The predicted octanol–water partition coefficient (Wildman–Crippen LogP) is 1.73. The highest BCUT2D eigenvalue weighted by Gasteiger charge is 2.20. The molecule has 0 unspecified atom stereocenters. The van der Waals surface area contributed by atoms with Crippen molar-refractivity contribution < 1.29 is 19.1 Å². The number of carbonyl (C=O) groups is 2. The maximum Gasteiger partial charge on any atom is 0.318 e. The van der Waals surface area contributed by atoms with Gasteiger partial charge in [0, 0.05) is 26.6 Å². The van der Waals surface area contributed by atoms with Gasteiger partial charge in [-0.2, -0.15) is 0 Å². The number of amides is 2. The van der Waals surface area contributed by atoms with Gasteiger partial charge in [0.05, 0.1) is 0 Å². The molecule has 98 valence electrons. The van der Waals surface area contributed by atoms with Crippen LogP contribution in [0.5, 0.6) is 5.75 Å². The zero-order valence-electron chi connectivity index (χ0n) is 10.5. The van der Waals surface area contributed by atoms with Gasteiger partial charge in [0.15, 0.2) is 0 Å². The first-order chi connectivity index (χ1) is 8.46. The van der Waals surface area contributed by atoms with E-state index in [1.54, 1.807) is 38.1 Å². The highest BCUT2D eigenvalue weighted by molar-refractivity contribution is 5.88. The van der Waals surface area contributed by atoms with Gasteiger partial charge in [0.2, 0.25) is 5.79 Å². The smallest absolute Gasteiger partial charge is 0.318 e. The molecule has 0 aliphatic rings. The van der Waals surface area contributed by atoms with Gasteiger partial charge in [-0.3, -0.25) is 4.79 Å². The maximum atomic E-state index is 11.1. The Morgan fingerprint density at radius 2 is 1.89 bits per heavy atom. The minimum Gasteiger partial charge on any atom is -0.453 e. The highest BCUT2D eigenvalue weighted by atomic mass is 16.7. The highest BCUT2D eigenvalue weighted by Crippen LogP contribution is 2.21. The summed E-state index contributed by atoms with van der Waals surface area (Å²) in [5, 5.41) is 5.06. The number of benzene rings is 1.